The number of para-hydroxylation sites is 1. The highest BCUT2D eigenvalue weighted by Gasteiger charge is 2.31. The van der Waals surface area contributed by atoms with Gasteiger partial charge in [0.05, 0.1) is 12.5 Å². The van der Waals surface area contributed by atoms with Gasteiger partial charge in [0.15, 0.2) is 0 Å². The number of fused-ring (bicyclic) bond motifs is 1. The number of hydrogen-bond donors (Lipinski definition) is 9. The van der Waals surface area contributed by atoms with Gasteiger partial charge in [-0.15, -0.1) is 0 Å². The van der Waals surface area contributed by atoms with Crippen molar-refractivity contribution >= 4 is 46.4 Å². The Bertz CT molecular complexity index is 1250. The minimum Gasteiger partial charge on any atom is -0.480 e. The third-order valence-corrected chi connectivity index (χ3v) is 6.37. The van der Waals surface area contributed by atoms with Gasteiger partial charge in [0.1, 0.15) is 18.1 Å². The van der Waals surface area contributed by atoms with Crippen molar-refractivity contribution in [2.45, 2.75) is 69.1 Å². The number of H-pyrrole nitrogens is 1. The fraction of sp³-hybridized carbons (Fsp3) is 0.462. The average molecular weight is 575 g/mol. The summed E-state index contributed by atoms with van der Waals surface area (Å²) in [5, 5.41) is 17.8. The number of rotatable bonds is 18. The number of carbonyl (C=O) groups excluding carboxylic acids is 5. The number of benzene rings is 1. The number of carbonyl (C=O) groups is 6. The van der Waals surface area contributed by atoms with Crippen LogP contribution >= 0.6 is 0 Å². The topological polar surface area (TPSA) is 279 Å². The van der Waals surface area contributed by atoms with Gasteiger partial charge in [0.25, 0.3) is 0 Å². The first kappa shape index (κ1) is 32.7. The number of aromatic nitrogens is 1. The first-order chi connectivity index (χ1) is 19.4. The Morgan fingerprint density at radius 3 is 2.10 bits per heavy atom. The lowest BCUT2D eigenvalue weighted by Gasteiger charge is -2.25. The number of aliphatic carboxylic acids is 1. The van der Waals surface area contributed by atoms with E-state index >= 15 is 0 Å². The summed E-state index contributed by atoms with van der Waals surface area (Å²) in [6, 6.07) is 2.02. The fourth-order valence-corrected chi connectivity index (χ4v) is 4.14. The molecule has 15 heteroatoms. The van der Waals surface area contributed by atoms with Crippen LogP contribution in [0.1, 0.15) is 44.1 Å². The lowest BCUT2D eigenvalue weighted by atomic mass is 10.0. The second-order valence-electron chi connectivity index (χ2n) is 9.65. The summed E-state index contributed by atoms with van der Waals surface area (Å²) in [4.78, 5) is 76.6. The molecule has 0 fully saturated rings. The van der Waals surface area contributed by atoms with E-state index in [1.165, 1.54) is 0 Å². The van der Waals surface area contributed by atoms with Crippen molar-refractivity contribution in [2.75, 3.05) is 6.54 Å². The molecule has 0 saturated carbocycles. The SMILES string of the molecule is NCCCCC(NC(=O)C(N)CCC(N)=O)C(=O)NC(CC(N)=O)C(=O)NC(Cc1c[nH]c2ccccc12)C(=O)O. The summed E-state index contributed by atoms with van der Waals surface area (Å²) < 4.78 is 0. The molecule has 2 rings (SSSR count). The van der Waals surface area contributed by atoms with Gasteiger partial charge in [-0.3, -0.25) is 24.0 Å². The molecule has 41 heavy (non-hydrogen) atoms. The van der Waals surface area contributed by atoms with Gasteiger partial charge in [-0.25, -0.2) is 4.79 Å². The Balaban J connectivity index is 2.16. The number of amides is 5. The second kappa shape index (κ2) is 15.9. The maximum absolute atomic E-state index is 13.2. The van der Waals surface area contributed by atoms with Crippen LogP contribution in [0, 0.1) is 0 Å². The quantitative estimate of drug-likeness (QED) is 0.0876. The van der Waals surface area contributed by atoms with Crippen molar-refractivity contribution in [1.29, 1.82) is 0 Å². The van der Waals surface area contributed by atoms with Crippen molar-refractivity contribution in [3.8, 4) is 0 Å². The number of nitrogens with two attached hydrogens (primary N) is 4. The molecule has 0 aliphatic rings. The average Bonchev–Trinajstić information content (AvgIpc) is 3.32. The summed E-state index contributed by atoms with van der Waals surface area (Å²) in [5.74, 6) is -5.39. The molecule has 15 nitrogen and oxygen atoms in total. The number of carboxylic acid groups (broad SMARTS) is 1. The Kier molecular flexibility index (Phi) is 12.7. The van der Waals surface area contributed by atoms with E-state index in [-0.39, 0.29) is 25.7 Å². The number of unbranched alkanes of at least 4 members (excludes halogenated alkanes) is 1. The number of hydrogen-bond acceptors (Lipinski definition) is 8. The van der Waals surface area contributed by atoms with Crippen LogP contribution in [-0.2, 0) is 35.2 Å². The van der Waals surface area contributed by atoms with Crippen molar-refractivity contribution < 1.29 is 33.9 Å². The highest BCUT2D eigenvalue weighted by Crippen LogP contribution is 2.19. The molecule has 224 valence electrons. The van der Waals surface area contributed by atoms with E-state index in [2.05, 4.69) is 20.9 Å². The van der Waals surface area contributed by atoms with Gasteiger partial charge in [0.2, 0.25) is 29.5 Å². The summed E-state index contributed by atoms with van der Waals surface area (Å²) in [7, 11) is 0. The van der Waals surface area contributed by atoms with Crippen LogP contribution < -0.4 is 38.9 Å². The monoisotopic (exact) mass is 574 g/mol. The lowest BCUT2D eigenvalue weighted by Crippen LogP contribution is -2.58. The molecule has 0 spiro atoms. The standard InChI is InChI=1S/C26H38N8O7/c27-10-4-3-7-18(32-23(37)16(28)8-9-21(29)35)24(38)33-19(12-22(30)36)25(39)34-20(26(40)41)11-14-13-31-17-6-2-1-5-15(14)17/h1-2,5-6,13,16,18-20,31H,3-4,7-12,27-28H2,(H2,29,35)(H2,30,36)(H,32,37)(H,33,38)(H,34,39)(H,40,41). The first-order valence-electron chi connectivity index (χ1n) is 13.1. The van der Waals surface area contributed by atoms with Crippen molar-refractivity contribution in [1.82, 2.24) is 20.9 Å². The largest absolute Gasteiger partial charge is 0.480 e. The molecular weight excluding hydrogens is 536 g/mol. The molecule has 0 bridgehead atoms. The van der Waals surface area contributed by atoms with Crippen LogP contribution in [0.5, 0.6) is 0 Å². The second-order valence-corrected chi connectivity index (χ2v) is 9.65. The highest BCUT2D eigenvalue weighted by atomic mass is 16.4. The number of aromatic amines is 1. The van der Waals surface area contributed by atoms with E-state index in [4.69, 9.17) is 22.9 Å². The first-order valence-corrected chi connectivity index (χ1v) is 13.1. The summed E-state index contributed by atoms with van der Waals surface area (Å²) in [6.07, 6.45) is 1.85. The minimum absolute atomic E-state index is 0.0436. The van der Waals surface area contributed by atoms with Gasteiger partial charge in [-0.1, -0.05) is 18.2 Å². The molecule has 4 atom stereocenters. The van der Waals surface area contributed by atoms with Crippen LogP contribution in [0.2, 0.25) is 0 Å². The van der Waals surface area contributed by atoms with Gasteiger partial charge in [0, 0.05) is 29.9 Å². The Hall–Kier alpha value is -4.50. The van der Waals surface area contributed by atoms with Gasteiger partial charge in [-0.2, -0.15) is 0 Å². The van der Waals surface area contributed by atoms with E-state index in [1.54, 1.807) is 18.3 Å². The van der Waals surface area contributed by atoms with Gasteiger partial charge < -0.3 is 49.0 Å². The molecule has 5 amide bonds. The summed E-state index contributed by atoms with van der Waals surface area (Å²) >= 11 is 0. The Labute approximate surface area is 236 Å². The fourth-order valence-electron chi connectivity index (χ4n) is 4.14. The lowest BCUT2D eigenvalue weighted by molar-refractivity contribution is -0.142. The number of carboxylic acids is 1. The van der Waals surface area contributed by atoms with E-state index in [1.807, 2.05) is 12.1 Å². The molecule has 4 unspecified atom stereocenters. The smallest absolute Gasteiger partial charge is 0.326 e. The summed E-state index contributed by atoms with van der Waals surface area (Å²) in [5.41, 5.74) is 23.1. The molecule has 1 aromatic heterocycles. The van der Waals surface area contributed by atoms with E-state index in [0.29, 0.717) is 24.9 Å². The number of nitrogens with one attached hydrogen (secondary N) is 4. The molecule has 2 aromatic rings. The van der Waals surface area contributed by atoms with Crippen LogP contribution in [-0.4, -0.2) is 76.3 Å². The van der Waals surface area contributed by atoms with Crippen molar-refractivity contribution in [3.63, 3.8) is 0 Å². The maximum atomic E-state index is 13.2. The van der Waals surface area contributed by atoms with Gasteiger partial charge >= 0.3 is 5.97 Å². The number of primary amides is 2. The van der Waals surface area contributed by atoms with Crippen LogP contribution in [0.3, 0.4) is 0 Å². The predicted octanol–water partition coefficient (Wildman–Crippen LogP) is -2.15. The van der Waals surface area contributed by atoms with Crippen LogP contribution in [0.4, 0.5) is 0 Å². The van der Waals surface area contributed by atoms with Crippen molar-refractivity contribution in [3.05, 3.63) is 36.0 Å². The third kappa shape index (κ3) is 10.5. The molecule has 1 heterocycles. The Morgan fingerprint density at radius 2 is 1.46 bits per heavy atom. The molecule has 13 N–H and O–H groups in total. The Morgan fingerprint density at radius 1 is 0.829 bits per heavy atom. The molecular formula is C26H38N8O7. The van der Waals surface area contributed by atoms with E-state index < -0.39 is 66.1 Å². The third-order valence-electron chi connectivity index (χ3n) is 6.37. The maximum Gasteiger partial charge on any atom is 0.326 e. The minimum atomic E-state index is -1.53. The van der Waals surface area contributed by atoms with Crippen LogP contribution in [0.25, 0.3) is 10.9 Å². The van der Waals surface area contributed by atoms with E-state index in [0.717, 1.165) is 10.9 Å². The molecule has 0 aliphatic heterocycles. The van der Waals surface area contributed by atoms with E-state index in [9.17, 15) is 33.9 Å². The highest BCUT2D eigenvalue weighted by molar-refractivity contribution is 5.96. The normalized spacial score (nSPS) is 13.9. The molecule has 0 saturated heterocycles. The van der Waals surface area contributed by atoms with Gasteiger partial charge in [-0.05, 0) is 43.9 Å². The summed E-state index contributed by atoms with van der Waals surface area (Å²) in [6.45, 7) is 0.333. The predicted molar refractivity (Wildman–Crippen MR) is 149 cm³/mol. The molecule has 1 aromatic carbocycles. The zero-order valence-corrected chi connectivity index (χ0v) is 22.6. The molecule has 0 aliphatic carbocycles. The van der Waals surface area contributed by atoms with Crippen molar-refractivity contribution in [2.24, 2.45) is 22.9 Å². The van der Waals surface area contributed by atoms with Crippen LogP contribution in [0.15, 0.2) is 30.5 Å². The zero-order valence-electron chi connectivity index (χ0n) is 22.6. The zero-order chi connectivity index (χ0) is 30.5. The molecule has 0 radical (unpaired) electrons.